The molecule has 0 bridgehead atoms. The van der Waals surface area contributed by atoms with Crippen LogP contribution in [0.1, 0.15) is 23.7 Å². The van der Waals surface area contributed by atoms with E-state index >= 15 is 0 Å². The van der Waals surface area contributed by atoms with Crippen LogP contribution in [0, 0.1) is 0 Å². The lowest BCUT2D eigenvalue weighted by Gasteiger charge is -2.29. The van der Waals surface area contributed by atoms with Crippen molar-refractivity contribution in [1.82, 2.24) is 5.32 Å². The van der Waals surface area contributed by atoms with Crippen molar-refractivity contribution in [3.05, 3.63) is 19.2 Å². The molecule has 0 aliphatic carbocycles. The van der Waals surface area contributed by atoms with E-state index in [1.165, 1.54) is 11.3 Å². The number of amides is 1. The van der Waals surface area contributed by atoms with E-state index in [4.69, 9.17) is 0 Å². The molecular weight excluding hydrogens is 374 g/mol. The molecule has 7 heteroatoms. The highest BCUT2D eigenvalue weighted by molar-refractivity contribution is 9.12. The highest BCUT2D eigenvalue weighted by Crippen LogP contribution is 2.32. The zero-order valence-electron chi connectivity index (χ0n) is 9.17. The molecular formula is C10H13Br2NO3S. The molecule has 0 fully saturated rings. The number of aliphatic hydroxyl groups is 2. The first kappa shape index (κ1) is 15.1. The van der Waals surface area contributed by atoms with Crippen molar-refractivity contribution in [1.29, 1.82) is 0 Å². The molecule has 0 saturated heterocycles. The van der Waals surface area contributed by atoms with E-state index in [-0.39, 0.29) is 19.1 Å². The molecule has 1 heterocycles. The third kappa shape index (κ3) is 3.51. The zero-order valence-corrected chi connectivity index (χ0v) is 13.2. The Balaban J connectivity index is 2.88. The summed E-state index contributed by atoms with van der Waals surface area (Å²) in [4.78, 5) is 12.0. The molecule has 4 nitrogen and oxygen atoms in total. The lowest BCUT2D eigenvalue weighted by molar-refractivity contribution is 0.0652. The molecule has 0 atom stereocenters. The van der Waals surface area contributed by atoms with Crippen LogP contribution in [0.15, 0.2) is 13.6 Å². The summed E-state index contributed by atoms with van der Waals surface area (Å²) in [7, 11) is 0. The van der Waals surface area contributed by atoms with Gasteiger partial charge in [-0.1, -0.05) is 6.92 Å². The second-order valence-electron chi connectivity index (χ2n) is 3.64. The summed E-state index contributed by atoms with van der Waals surface area (Å²) in [6.07, 6.45) is 0.453. The van der Waals surface area contributed by atoms with Crippen molar-refractivity contribution in [3.8, 4) is 0 Å². The van der Waals surface area contributed by atoms with E-state index in [9.17, 15) is 15.0 Å². The highest BCUT2D eigenvalue weighted by Gasteiger charge is 2.29. The van der Waals surface area contributed by atoms with E-state index in [1.54, 1.807) is 13.0 Å². The van der Waals surface area contributed by atoms with Crippen molar-refractivity contribution in [2.24, 2.45) is 0 Å². The Morgan fingerprint density at radius 1 is 1.47 bits per heavy atom. The SMILES string of the molecule is CCC(CO)(CO)NC(=O)c1cc(Br)sc1Br. The summed E-state index contributed by atoms with van der Waals surface area (Å²) in [5, 5.41) is 21.2. The number of halogens is 2. The summed E-state index contributed by atoms with van der Waals surface area (Å²) in [6.45, 7) is 1.20. The van der Waals surface area contributed by atoms with Gasteiger partial charge in [0, 0.05) is 0 Å². The number of carbonyl (C=O) groups excluding carboxylic acids is 1. The van der Waals surface area contributed by atoms with E-state index in [0.717, 1.165) is 3.79 Å². The number of carbonyl (C=O) groups is 1. The molecule has 0 unspecified atom stereocenters. The van der Waals surface area contributed by atoms with Gasteiger partial charge in [0.2, 0.25) is 0 Å². The number of hydrogen-bond acceptors (Lipinski definition) is 4. The molecule has 17 heavy (non-hydrogen) atoms. The lowest BCUT2D eigenvalue weighted by atomic mass is 9.98. The Labute approximate surface area is 120 Å². The molecule has 0 aliphatic rings. The van der Waals surface area contributed by atoms with Crippen LogP contribution >= 0.6 is 43.2 Å². The minimum absolute atomic E-state index is 0.297. The fraction of sp³-hybridized carbons (Fsp3) is 0.500. The third-order valence-corrected chi connectivity index (χ3v) is 4.90. The Morgan fingerprint density at radius 3 is 2.41 bits per heavy atom. The maximum atomic E-state index is 12.0. The molecule has 1 aromatic rings. The topological polar surface area (TPSA) is 69.6 Å². The largest absolute Gasteiger partial charge is 0.394 e. The van der Waals surface area contributed by atoms with Gasteiger partial charge in [0.25, 0.3) is 5.91 Å². The van der Waals surface area contributed by atoms with Gasteiger partial charge in [0.1, 0.15) is 0 Å². The molecule has 96 valence electrons. The zero-order chi connectivity index (χ0) is 13.1. The van der Waals surface area contributed by atoms with Crippen molar-refractivity contribution >= 4 is 49.1 Å². The predicted molar refractivity (Wildman–Crippen MR) is 74.4 cm³/mol. The molecule has 0 aromatic carbocycles. The van der Waals surface area contributed by atoms with Gasteiger partial charge in [0.05, 0.1) is 31.9 Å². The van der Waals surface area contributed by atoms with Crippen LogP contribution in [0.2, 0.25) is 0 Å². The minimum atomic E-state index is -0.967. The van der Waals surface area contributed by atoms with Crippen molar-refractivity contribution in [2.75, 3.05) is 13.2 Å². The van der Waals surface area contributed by atoms with E-state index in [1.807, 2.05) is 0 Å². The molecule has 3 N–H and O–H groups in total. The summed E-state index contributed by atoms with van der Waals surface area (Å²) in [5.74, 6) is -0.316. The van der Waals surface area contributed by atoms with E-state index in [2.05, 4.69) is 37.2 Å². The normalized spacial score (nSPS) is 11.6. The van der Waals surface area contributed by atoms with Crippen LogP contribution in [0.25, 0.3) is 0 Å². The van der Waals surface area contributed by atoms with Crippen LogP contribution in [0.4, 0.5) is 0 Å². The van der Waals surface area contributed by atoms with Crippen LogP contribution < -0.4 is 5.32 Å². The van der Waals surface area contributed by atoms with Crippen LogP contribution in [-0.4, -0.2) is 34.9 Å². The van der Waals surface area contributed by atoms with Gasteiger partial charge in [-0.05, 0) is 44.3 Å². The summed E-state index contributed by atoms with van der Waals surface area (Å²) in [5.41, 5.74) is -0.480. The number of hydrogen-bond donors (Lipinski definition) is 3. The molecule has 1 amide bonds. The first-order chi connectivity index (χ1) is 7.98. The Bertz CT molecular complexity index is 396. The van der Waals surface area contributed by atoms with E-state index in [0.29, 0.717) is 15.8 Å². The van der Waals surface area contributed by atoms with Gasteiger partial charge < -0.3 is 15.5 Å². The van der Waals surface area contributed by atoms with Gasteiger partial charge >= 0.3 is 0 Å². The minimum Gasteiger partial charge on any atom is -0.394 e. The maximum absolute atomic E-state index is 12.0. The van der Waals surface area contributed by atoms with Crippen LogP contribution in [-0.2, 0) is 0 Å². The second kappa shape index (κ2) is 6.29. The molecule has 1 rings (SSSR count). The van der Waals surface area contributed by atoms with Crippen LogP contribution in [0.5, 0.6) is 0 Å². The molecule has 0 saturated carbocycles. The van der Waals surface area contributed by atoms with Crippen molar-refractivity contribution in [3.63, 3.8) is 0 Å². The number of thiophene rings is 1. The number of nitrogens with one attached hydrogen (secondary N) is 1. The highest BCUT2D eigenvalue weighted by atomic mass is 79.9. The van der Waals surface area contributed by atoms with Crippen molar-refractivity contribution in [2.45, 2.75) is 18.9 Å². The quantitative estimate of drug-likeness (QED) is 0.726. The third-order valence-electron chi connectivity index (χ3n) is 2.56. The first-order valence-electron chi connectivity index (χ1n) is 4.97. The lowest BCUT2D eigenvalue weighted by Crippen LogP contribution is -2.53. The molecule has 0 radical (unpaired) electrons. The van der Waals surface area contributed by atoms with Crippen molar-refractivity contribution < 1.29 is 15.0 Å². The number of aliphatic hydroxyl groups excluding tert-OH is 2. The second-order valence-corrected chi connectivity index (χ2v) is 7.39. The molecule has 1 aromatic heterocycles. The monoisotopic (exact) mass is 385 g/mol. The van der Waals surface area contributed by atoms with Gasteiger partial charge in [-0.15, -0.1) is 11.3 Å². The maximum Gasteiger partial charge on any atom is 0.253 e. The predicted octanol–water partition coefficient (Wildman–Crippen LogP) is 2.14. The standard InChI is InChI=1S/C10H13Br2NO3S/c1-2-10(4-14,5-15)13-9(16)6-3-7(11)17-8(6)12/h3,14-15H,2,4-5H2,1H3,(H,13,16). The van der Waals surface area contributed by atoms with E-state index < -0.39 is 5.54 Å². The summed E-state index contributed by atoms with van der Waals surface area (Å²) >= 11 is 7.98. The van der Waals surface area contributed by atoms with Gasteiger partial charge in [0.15, 0.2) is 0 Å². The fourth-order valence-corrected chi connectivity index (χ4v) is 4.04. The van der Waals surface area contributed by atoms with Gasteiger partial charge in [-0.3, -0.25) is 4.79 Å². The average Bonchev–Trinajstić information content (AvgIpc) is 2.65. The molecule has 0 spiro atoms. The summed E-state index contributed by atoms with van der Waals surface area (Å²) < 4.78 is 1.55. The fourth-order valence-electron chi connectivity index (χ4n) is 1.24. The first-order valence-corrected chi connectivity index (χ1v) is 7.37. The van der Waals surface area contributed by atoms with Gasteiger partial charge in [-0.2, -0.15) is 0 Å². The Kier molecular flexibility index (Phi) is 5.59. The smallest absolute Gasteiger partial charge is 0.253 e. The Hall–Kier alpha value is 0.0500. The number of rotatable bonds is 5. The van der Waals surface area contributed by atoms with Crippen LogP contribution in [0.3, 0.4) is 0 Å². The Morgan fingerprint density at radius 2 is 2.06 bits per heavy atom. The average molecular weight is 387 g/mol. The van der Waals surface area contributed by atoms with Gasteiger partial charge in [-0.25, -0.2) is 0 Å². The molecule has 0 aliphatic heterocycles. The summed E-state index contributed by atoms with van der Waals surface area (Å²) in [6, 6.07) is 1.69.